The van der Waals surface area contributed by atoms with Crippen molar-refractivity contribution in [2.45, 2.75) is 20.8 Å². The second-order valence-corrected chi connectivity index (χ2v) is 7.75. The summed E-state index contributed by atoms with van der Waals surface area (Å²) >= 11 is 0. The molecule has 0 spiro atoms. The lowest BCUT2D eigenvalue weighted by Gasteiger charge is -2.31. The van der Waals surface area contributed by atoms with Gasteiger partial charge in [0, 0.05) is 37.6 Å². The Morgan fingerprint density at radius 3 is 2.60 bits per heavy atom. The molecule has 35 heavy (non-hydrogen) atoms. The summed E-state index contributed by atoms with van der Waals surface area (Å²) in [4.78, 5) is 31.7. The SMILES string of the molecule is CCOc1cc(N2CCOCC2)c(OCC)cc1NC(=O)COC(=O)c1c(C)nn2cccnc12. The van der Waals surface area contributed by atoms with Crippen LogP contribution in [0.1, 0.15) is 29.9 Å². The van der Waals surface area contributed by atoms with Gasteiger partial charge in [0.05, 0.1) is 43.5 Å². The van der Waals surface area contributed by atoms with Crippen LogP contribution in [0.4, 0.5) is 11.4 Å². The van der Waals surface area contributed by atoms with E-state index in [1.165, 1.54) is 4.52 Å². The molecule has 1 aromatic carbocycles. The number of hydrogen-bond donors (Lipinski definition) is 1. The molecule has 0 atom stereocenters. The fourth-order valence-corrected chi connectivity index (χ4v) is 3.87. The molecule has 2 aromatic heterocycles. The first kappa shape index (κ1) is 24.3. The number of fused-ring (bicyclic) bond motifs is 1. The van der Waals surface area contributed by atoms with Crippen molar-refractivity contribution in [1.82, 2.24) is 14.6 Å². The van der Waals surface area contributed by atoms with E-state index in [-0.39, 0.29) is 5.56 Å². The Kier molecular flexibility index (Phi) is 7.66. The first-order chi connectivity index (χ1) is 17.0. The van der Waals surface area contributed by atoms with Gasteiger partial charge in [-0.2, -0.15) is 5.10 Å². The number of ether oxygens (including phenoxy) is 4. The number of nitrogens with zero attached hydrogens (tertiary/aromatic N) is 4. The summed E-state index contributed by atoms with van der Waals surface area (Å²) in [6, 6.07) is 5.30. The van der Waals surface area contributed by atoms with Crippen LogP contribution < -0.4 is 19.7 Å². The highest BCUT2D eigenvalue weighted by Crippen LogP contribution is 2.39. The number of hydrogen-bond acceptors (Lipinski definition) is 9. The lowest BCUT2D eigenvalue weighted by atomic mass is 10.2. The van der Waals surface area contributed by atoms with E-state index in [2.05, 4.69) is 20.3 Å². The Morgan fingerprint density at radius 2 is 1.86 bits per heavy atom. The number of aryl methyl sites for hydroxylation is 1. The largest absolute Gasteiger partial charge is 0.492 e. The van der Waals surface area contributed by atoms with E-state index in [4.69, 9.17) is 18.9 Å². The molecule has 11 nitrogen and oxygen atoms in total. The summed E-state index contributed by atoms with van der Waals surface area (Å²) in [6.07, 6.45) is 3.25. The first-order valence-corrected chi connectivity index (χ1v) is 11.5. The van der Waals surface area contributed by atoms with E-state index in [1.54, 1.807) is 31.5 Å². The minimum absolute atomic E-state index is 0.224. The molecule has 1 aliphatic heterocycles. The predicted octanol–water partition coefficient (Wildman–Crippen LogP) is 2.47. The molecule has 4 rings (SSSR count). The number of esters is 1. The lowest BCUT2D eigenvalue weighted by Crippen LogP contribution is -2.36. The molecule has 0 unspecified atom stereocenters. The third kappa shape index (κ3) is 5.46. The molecule has 11 heteroatoms. The van der Waals surface area contributed by atoms with Crippen LogP contribution in [0.3, 0.4) is 0 Å². The number of aromatic nitrogens is 3. The quantitative estimate of drug-likeness (QED) is 0.458. The Balaban J connectivity index is 1.50. The number of carbonyl (C=O) groups is 2. The van der Waals surface area contributed by atoms with Crippen molar-refractivity contribution >= 4 is 28.9 Å². The molecule has 3 heterocycles. The first-order valence-electron chi connectivity index (χ1n) is 11.5. The molecule has 1 aliphatic rings. The predicted molar refractivity (Wildman–Crippen MR) is 128 cm³/mol. The maximum absolute atomic E-state index is 12.7. The Hall–Kier alpha value is -3.86. The lowest BCUT2D eigenvalue weighted by molar-refractivity contribution is -0.119. The Bertz CT molecular complexity index is 1200. The molecule has 0 saturated carbocycles. The second kappa shape index (κ2) is 11.0. The summed E-state index contributed by atoms with van der Waals surface area (Å²) in [5.74, 6) is -0.0602. The fraction of sp³-hybridized carbons (Fsp3) is 0.417. The van der Waals surface area contributed by atoms with Crippen molar-refractivity contribution in [3.8, 4) is 11.5 Å². The molecule has 186 valence electrons. The van der Waals surface area contributed by atoms with E-state index in [9.17, 15) is 9.59 Å². The van der Waals surface area contributed by atoms with Crippen LogP contribution in [-0.2, 0) is 14.3 Å². The zero-order chi connectivity index (χ0) is 24.8. The number of nitrogens with one attached hydrogen (secondary N) is 1. The summed E-state index contributed by atoms with van der Waals surface area (Å²) in [6.45, 7) is 8.55. The highest BCUT2D eigenvalue weighted by molar-refractivity contribution is 6.00. The van der Waals surface area contributed by atoms with Crippen molar-refractivity contribution in [2.24, 2.45) is 0 Å². The van der Waals surface area contributed by atoms with Crippen LogP contribution in [0.5, 0.6) is 11.5 Å². The number of morpholine rings is 1. The maximum atomic E-state index is 12.7. The molecular weight excluding hydrogens is 454 g/mol. The molecule has 1 N–H and O–H groups in total. The molecule has 3 aromatic rings. The van der Waals surface area contributed by atoms with E-state index >= 15 is 0 Å². The van der Waals surface area contributed by atoms with Gasteiger partial charge in [-0.15, -0.1) is 0 Å². The van der Waals surface area contributed by atoms with Crippen molar-refractivity contribution < 1.29 is 28.5 Å². The van der Waals surface area contributed by atoms with Crippen LogP contribution in [0.25, 0.3) is 5.65 Å². The normalized spacial score (nSPS) is 13.5. The van der Waals surface area contributed by atoms with Gasteiger partial charge in [0.15, 0.2) is 12.3 Å². The summed E-state index contributed by atoms with van der Waals surface area (Å²) in [5.41, 5.74) is 2.37. The van der Waals surface area contributed by atoms with Gasteiger partial charge < -0.3 is 29.2 Å². The van der Waals surface area contributed by atoms with E-state index < -0.39 is 18.5 Å². The topological polar surface area (TPSA) is 117 Å². The van der Waals surface area contributed by atoms with Crippen molar-refractivity contribution in [3.63, 3.8) is 0 Å². The van der Waals surface area contributed by atoms with Crippen LogP contribution in [-0.4, -0.2) is 72.6 Å². The number of benzene rings is 1. The fourth-order valence-electron chi connectivity index (χ4n) is 3.87. The van der Waals surface area contributed by atoms with Crippen molar-refractivity contribution in [1.29, 1.82) is 0 Å². The highest BCUT2D eigenvalue weighted by Gasteiger charge is 2.23. The second-order valence-electron chi connectivity index (χ2n) is 7.75. The molecule has 1 amide bonds. The third-order valence-electron chi connectivity index (χ3n) is 5.40. The minimum atomic E-state index is -0.672. The number of amides is 1. The molecule has 0 radical (unpaired) electrons. The number of anilines is 2. The van der Waals surface area contributed by atoms with Gasteiger partial charge in [0.25, 0.3) is 5.91 Å². The molecule has 1 fully saturated rings. The van der Waals surface area contributed by atoms with E-state index in [1.807, 2.05) is 19.9 Å². The zero-order valence-electron chi connectivity index (χ0n) is 20.1. The summed E-state index contributed by atoms with van der Waals surface area (Å²) < 4.78 is 23.9. The van der Waals surface area contributed by atoms with E-state index in [0.29, 0.717) is 55.0 Å². The standard InChI is InChI=1S/C24H29N5O6/c1-4-33-19-14-18(28-9-11-32-12-10-28)20(34-5-2)13-17(19)26-21(30)15-35-24(31)22-16(3)27-29-8-6-7-25-23(22)29/h6-8,13-14H,4-5,9-12,15H2,1-3H3,(H,26,30). The summed E-state index contributed by atoms with van der Waals surface area (Å²) in [5, 5.41) is 7.02. The Morgan fingerprint density at radius 1 is 1.11 bits per heavy atom. The van der Waals surface area contributed by atoms with Gasteiger partial charge in [-0.1, -0.05) is 0 Å². The monoisotopic (exact) mass is 483 g/mol. The zero-order valence-corrected chi connectivity index (χ0v) is 20.1. The average molecular weight is 484 g/mol. The van der Waals surface area contributed by atoms with Crippen LogP contribution in [0.15, 0.2) is 30.6 Å². The van der Waals surface area contributed by atoms with Crippen LogP contribution >= 0.6 is 0 Å². The highest BCUT2D eigenvalue weighted by atomic mass is 16.5. The van der Waals surface area contributed by atoms with Gasteiger partial charge in [-0.25, -0.2) is 14.3 Å². The molecule has 0 aliphatic carbocycles. The molecule has 0 bridgehead atoms. The maximum Gasteiger partial charge on any atom is 0.344 e. The van der Waals surface area contributed by atoms with Crippen molar-refractivity contribution in [3.05, 3.63) is 41.9 Å². The van der Waals surface area contributed by atoms with Gasteiger partial charge >= 0.3 is 5.97 Å². The van der Waals surface area contributed by atoms with Crippen LogP contribution in [0.2, 0.25) is 0 Å². The van der Waals surface area contributed by atoms with E-state index in [0.717, 1.165) is 18.8 Å². The van der Waals surface area contributed by atoms with Crippen molar-refractivity contribution in [2.75, 3.05) is 56.3 Å². The molecular formula is C24H29N5O6. The summed E-state index contributed by atoms with van der Waals surface area (Å²) in [7, 11) is 0. The number of rotatable bonds is 9. The molecule has 1 saturated heterocycles. The van der Waals surface area contributed by atoms with Gasteiger partial charge in [0.1, 0.15) is 17.1 Å². The van der Waals surface area contributed by atoms with Gasteiger partial charge in [-0.05, 0) is 26.8 Å². The Labute approximate surface area is 202 Å². The van der Waals surface area contributed by atoms with Gasteiger partial charge in [0.2, 0.25) is 0 Å². The average Bonchev–Trinajstić information content (AvgIpc) is 3.20. The minimum Gasteiger partial charge on any atom is -0.492 e. The van der Waals surface area contributed by atoms with Gasteiger partial charge in [-0.3, -0.25) is 4.79 Å². The van der Waals surface area contributed by atoms with Crippen LogP contribution in [0, 0.1) is 6.92 Å². The smallest absolute Gasteiger partial charge is 0.344 e. The third-order valence-corrected chi connectivity index (χ3v) is 5.40. The number of carbonyl (C=O) groups excluding carboxylic acids is 2.